The largest absolute Gasteiger partial charge is 0.254 e. The van der Waals surface area contributed by atoms with Crippen LogP contribution < -0.4 is 0 Å². The van der Waals surface area contributed by atoms with Crippen molar-refractivity contribution in [3.8, 4) is 73.7 Å². The number of hydrogen-bond acceptors (Lipinski definition) is 6. The lowest BCUT2D eigenvalue weighted by Gasteiger charge is -2.22. The first kappa shape index (κ1) is 30.2. The molecule has 0 fully saturated rings. The number of fused-ring (bicyclic) bond motifs is 4. The molecule has 5 aromatic carbocycles. The topological polar surface area (TPSA) is 88.2 Å². The van der Waals surface area contributed by atoms with Gasteiger partial charge in [-0.1, -0.05) is 98.8 Å². The molecule has 0 atom stereocenters. The SMILES string of the molecule is CC1(C)c2cc(C#N)ccc2-c2ccc(-c3cc(-c4nc(-c5ccccc5)nc(-c5ccccc5)n4)cc(-c4nccc5cccnc45)c3)cc21. The molecule has 0 amide bonds. The molecule has 0 radical (unpaired) electrons. The third-order valence-electron chi connectivity index (χ3n) is 9.82. The summed E-state index contributed by atoms with van der Waals surface area (Å²) in [5.74, 6) is 1.77. The average Bonchev–Trinajstić information content (AvgIpc) is 3.42. The van der Waals surface area contributed by atoms with Crippen molar-refractivity contribution < 1.29 is 0 Å². The van der Waals surface area contributed by atoms with Gasteiger partial charge in [-0.15, -0.1) is 0 Å². The van der Waals surface area contributed by atoms with Gasteiger partial charge in [-0.05, 0) is 81.9 Å². The van der Waals surface area contributed by atoms with Gasteiger partial charge in [-0.3, -0.25) is 9.97 Å². The van der Waals surface area contributed by atoms with Crippen LogP contribution in [0.5, 0.6) is 0 Å². The molecule has 0 saturated carbocycles. The molecule has 1 aliphatic rings. The van der Waals surface area contributed by atoms with Crippen LogP contribution in [-0.4, -0.2) is 24.9 Å². The van der Waals surface area contributed by atoms with E-state index in [1.807, 2.05) is 91.1 Å². The fraction of sp³-hybridized carbons (Fsp3) is 0.0667. The maximum Gasteiger partial charge on any atom is 0.164 e. The number of nitriles is 1. The fourth-order valence-corrected chi connectivity index (χ4v) is 7.20. The molecule has 6 heteroatoms. The summed E-state index contributed by atoms with van der Waals surface area (Å²) >= 11 is 0. The smallest absolute Gasteiger partial charge is 0.164 e. The van der Waals surface area contributed by atoms with E-state index in [0.29, 0.717) is 23.0 Å². The van der Waals surface area contributed by atoms with Crippen molar-refractivity contribution in [2.45, 2.75) is 19.3 Å². The predicted molar refractivity (Wildman–Crippen MR) is 202 cm³/mol. The maximum atomic E-state index is 9.64. The molecular weight excluding hydrogens is 625 g/mol. The summed E-state index contributed by atoms with van der Waals surface area (Å²) in [6.07, 6.45) is 3.64. The summed E-state index contributed by atoms with van der Waals surface area (Å²) in [5.41, 5.74) is 12.4. The number of hydrogen-bond donors (Lipinski definition) is 0. The second-order valence-corrected chi connectivity index (χ2v) is 13.3. The Hall–Kier alpha value is -6.84. The Bertz CT molecular complexity index is 2610. The molecule has 0 aliphatic heterocycles. The molecule has 0 saturated heterocycles. The first-order chi connectivity index (χ1) is 25.0. The summed E-state index contributed by atoms with van der Waals surface area (Å²) in [6, 6.07) is 47.5. The molecule has 0 unspecified atom stereocenters. The molecule has 0 N–H and O–H groups in total. The summed E-state index contributed by atoms with van der Waals surface area (Å²) in [5, 5.41) is 10.7. The van der Waals surface area contributed by atoms with Crippen LogP contribution in [0.4, 0.5) is 0 Å². The molecule has 3 aromatic heterocycles. The lowest BCUT2D eigenvalue weighted by Crippen LogP contribution is -2.15. The summed E-state index contributed by atoms with van der Waals surface area (Å²) in [4.78, 5) is 24.7. The van der Waals surface area contributed by atoms with Gasteiger partial charge in [0.1, 0.15) is 0 Å². The van der Waals surface area contributed by atoms with Gasteiger partial charge in [-0.25, -0.2) is 15.0 Å². The monoisotopic (exact) mass is 654 g/mol. The van der Waals surface area contributed by atoms with E-state index in [2.05, 4.69) is 68.4 Å². The van der Waals surface area contributed by atoms with Gasteiger partial charge < -0.3 is 0 Å². The summed E-state index contributed by atoms with van der Waals surface area (Å²) in [6.45, 7) is 4.47. The van der Waals surface area contributed by atoms with Crippen molar-refractivity contribution >= 4 is 10.9 Å². The van der Waals surface area contributed by atoms with E-state index in [9.17, 15) is 5.26 Å². The highest BCUT2D eigenvalue weighted by Gasteiger charge is 2.36. The predicted octanol–water partition coefficient (Wildman–Crippen LogP) is 10.3. The second-order valence-electron chi connectivity index (χ2n) is 13.3. The fourth-order valence-electron chi connectivity index (χ4n) is 7.20. The van der Waals surface area contributed by atoms with Gasteiger partial charge in [0.2, 0.25) is 0 Å². The van der Waals surface area contributed by atoms with E-state index in [1.165, 1.54) is 22.3 Å². The van der Waals surface area contributed by atoms with E-state index in [4.69, 9.17) is 24.9 Å². The van der Waals surface area contributed by atoms with E-state index >= 15 is 0 Å². The van der Waals surface area contributed by atoms with E-state index in [0.717, 1.165) is 50.0 Å². The van der Waals surface area contributed by atoms with Crippen LogP contribution in [0.1, 0.15) is 30.5 Å². The van der Waals surface area contributed by atoms with Crippen LogP contribution in [-0.2, 0) is 5.41 Å². The molecule has 8 aromatic rings. The van der Waals surface area contributed by atoms with Gasteiger partial charge in [0.25, 0.3) is 0 Å². The molecule has 1 aliphatic carbocycles. The van der Waals surface area contributed by atoms with E-state index < -0.39 is 0 Å². The molecule has 0 bridgehead atoms. The number of pyridine rings is 2. The molecule has 3 heterocycles. The number of rotatable bonds is 5. The van der Waals surface area contributed by atoms with Crippen LogP contribution in [0.3, 0.4) is 0 Å². The van der Waals surface area contributed by atoms with Crippen LogP contribution in [0.25, 0.3) is 78.6 Å². The number of benzene rings is 5. The molecular formula is C45H30N6. The van der Waals surface area contributed by atoms with Crippen molar-refractivity contribution in [1.29, 1.82) is 5.26 Å². The highest BCUT2D eigenvalue weighted by molar-refractivity contribution is 5.93. The van der Waals surface area contributed by atoms with Crippen molar-refractivity contribution in [3.05, 3.63) is 163 Å². The van der Waals surface area contributed by atoms with Gasteiger partial charge >= 0.3 is 0 Å². The number of nitrogens with zero attached hydrogens (tertiary/aromatic N) is 6. The quantitative estimate of drug-likeness (QED) is 0.184. The Morgan fingerprint density at radius 3 is 1.78 bits per heavy atom. The van der Waals surface area contributed by atoms with Crippen LogP contribution in [0.2, 0.25) is 0 Å². The lowest BCUT2D eigenvalue weighted by molar-refractivity contribution is 0.660. The maximum absolute atomic E-state index is 9.64. The minimum atomic E-state index is -0.279. The van der Waals surface area contributed by atoms with E-state index in [1.54, 1.807) is 6.20 Å². The Morgan fingerprint density at radius 2 is 1.10 bits per heavy atom. The molecule has 9 rings (SSSR count). The number of aromatic nitrogens is 5. The third kappa shape index (κ3) is 5.24. The normalized spacial score (nSPS) is 12.6. The molecule has 0 spiro atoms. The first-order valence-corrected chi connectivity index (χ1v) is 16.9. The van der Waals surface area contributed by atoms with Crippen LogP contribution in [0.15, 0.2) is 146 Å². The van der Waals surface area contributed by atoms with Gasteiger partial charge in [0.15, 0.2) is 17.5 Å². The Labute approximate surface area is 295 Å². The van der Waals surface area contributed by atoms with Gasteiger partial charge in [0.05, 0.1) is 22.8 Å². The zero-order valence-corrected chi connectivity index (χ0v) is 28.0. The molecule has 240 valence electrons. The molecule has 51 heavy (non-hydrogen) atoms. The standard InChI is InChI=1S/C45H30N6/c1-45(2)38-22-28(27-46)15-17-36(38)37-18-16-32(26-39(37)45)33-23-34(41-40-29(19-21-48-41)14-9-20-47-40)25-35(24-33)44-50-42(30-10-5-3-6-11-30)49-43(51-44)31-12-7-4-8-13-31/h3-26H,1-2H3. The zero-order valence-electron chi connectivity index (χ0n) is 28.0. The average molecular weight is 655 g/mol. The summed E-state index contributed by atoms with van der Waals surface area (Å²) < 4.78 is 0. The van der Waals surface area contributed by atoms with Gasteiger partial charge in [-0.2, -0.15) is 5.26 Å². The Kier molecular flexibility index (Phi) is 7.08. The van der Waals surface area contributed by atoms with Gasteiger partial charge in [0, 0.05) is 45.4 Å². The van der Waals surface area contributed by atoms with Crippen molar-refractivity contribution in [2.24, 2.45) is 0 Å². The van der Waals surface area contributed by atoms with Crippen molar-refractivity contribution in [3.63, 3.8) is 0 Å². The highest BCUT2D eigenvalue weighted by atomic mass is 15.0. The Balaban J connectivity index is 1.27. The summed E-state index contributed by atoms with van der Waals surface area (Å²) in [7, 11) is 0. The van der Waals surface area contributed by atoms with Crippen LogP contribution in [0, 0.1) is 11.3 Å². The van der Waals surface area contributed by atoms with Crippen molar-refractivity contribution in [2.75, 3.05) is 0 Å². The minimum absolute atomic E-state index is 0.279. The first-order valence-electron chi connectivity index (χ1n) is 16.9. The highest BCUT2D eigenvalue weighted by Crippen LogP contribution is 2.50. The zero-order chi connectivity index (χ0) is 34.5. The molecule has 6 nitrogen and oxygen atoms in total. The van der Waals surface area contributed by atoms with E-state index in [-0.39, 0.29) is 5.41 Å². The minimum Gasteiger partial charge on any atom is -0.254 e. The van der Waals surface area contributed by atoms with Crippen LogP contribution >= 0.6 is 0 Å². The lowest BCUT2D eigenvalue weighted by atomic mass is 9.81. The Morgan fingerprint density at radius 1 is 0.490 bits per heavy atom. The van der Waals surface area contributed by atoms with Crippen molar-refractivity contribution in [1.82, 2.24) is 24.9 Å². The third-order valence-corrected chi connectivity index (χ3v) is 9.82. The second kappa shape index (κ2) is 11.9.